The quantitative estimate of drug-likeness (QED) is 0.158. The molecule has 1 aromatic heterocycles. The molecule has 10 heteroatoms. The van der Waals surface area contributed by atoms with Crippen LogP contribution in [0.2, 0.25) is 0 Å². The number of benzene rings is 3. The lowest BCUT2D eigenvalue weighted by Gasteiger charge is -2.30. The molecule has 2 unspecified atom stereocenters. The van der Waals surface area contributed by atoms with Gasteiger partial charge in [0, 0.05) is 49.8 Å². The first-order valence-corrected chi connectivity index (χ1v) is 17.6. The summed E-state index contributed by atoms with van der Waals surface area (Å²) in [5, 5.41) is 13.6. The average Bonchev–Trinajstić information content (AvgIpc) is 3.42. The number of para-hydroxylation sites is 2. The van der Waals surface area contributed by atoms with Gasteiger partial charge in [-0.3, -0.25) is 14.4 Å². The number of ketones is 1. The van der Waals surface area contributed by atoms with Gasteiger partial charge in [0.25, 0.3) is 5.91 Å². The van der Waals surface area contributed by atoms with Crippen LogP contribution in [-0.2, 0) is 9.59 Å². The normalized spacial score (nSPS) is 19.7. The van der Waals surface area contributed by atoms with Crippen molar-refractivity contribution < 1.29 is 14.4 Å². The van der Waals surface area contributed by atoms with E-state index in [4.69, 9.17) is 9.97 Å². The third kappa shape index (κ3) is 7.69. The number of Topliss-reactive ketones (excluding diaryl/α,β-unsaturated/α-hetero) is 1. The van der Waals surface area contributed by atoms with Crippen LogP contribution in [0.1, 0.15) is 74.7 Å². The molecule has 6 rings (SSSR count). The number of aromatic nitrogens is 2. The summed E-state index contributed by atoms with van der Waals surface area (Å²) in [4.78, 5) is 53.0. The Kier molecular flexibility index (Phi) is 10.6. The van der Waals surface area contributed by atoms with Crippen LogP contribution in [-0.4, -0.2) is 60.0 Å². The van der Waals surface area contributed by atoms with E-state index in [0.717, 1.165) is 48.0 Å². The van der Waals surface area contributed by atoms with Gasteiger partial charge >= 0.3 is 0 Å². The van der Waals surface area contributed by atoms with Gasteiger partial charge in [-0.2, -0.15) is 10.1 Å². The number of carbonyl (C=O) groups excluding carboxylic acids is 3. The van der Waals surface area contributed by atoms with Crippen molar-refractivity contribution in [3.05, 3.63) is 90.0 Å². The summed E-state index contributed by atoms with van der Waals surface area (Å²) in [6, 6.07) is 25.0. The van der Waals surface area contributed by atoms with Gasteiger partial charge in [-0.05, 0) is 74.3 Å². The summed E-state index contributed by atoms with van der Waals surface area (Å²) in [7, 11) is 3.97. The fraction of sp³-hybridized carbons (Fsp3) is 0.400. The third-order valence-corrected chi connectivity index (χ3v) is 9.98. The Bertz CT molecular complexity index is 1870. The first-order valence-electron chi connectivity index (χ1n) is 17.6. The van der Waals surface area contributed by atoms with Crippen molar-refractivity contribution in [1.29, 1.82) is 0 Å². The zero-order valence-electron chi connectivity index (χ0n) is 29.6. The van der Waals surface area contributed by atoms with E-state index in [0.29, 0.717) is 35.4 Å². The van der Waals surface area contributed by atoms with E-state index in [-0.39, 0.29) is 36.0 Å². The topological polar surface area (TPSA) is 120 Å². The molecule has 2 atom stereocenters. The second kappa shape index (κ2) is 15.2. The van der Waals surface area contributed by atoms with E-state index < -0.39 is 11.8 Å². The minimum Gasteiger partial charge on any atom is -0.362 e. The van der Waals surface area contributed by atoms with Gasteiger partial charge in [-0.25, -0.2) is 9.99 Å². The van der Waals surface area contributed by atoms with Crippen LogP contribution < -0.4 is 20.5 Å². The van der Waals surface area contributed by atoms with Crippen molar-refractivity contribution in [2.45, 2.75) is 64.8 Å². The van der Waals surface area contributed by atoms with Crippen molar-refractivity contribution >= 4 is 51.7 Å². The maximum atomic E-state index is 14.0. The molecule has 4 aromatic rings. The molecular weight excluding hydrogens is 626 g/mol. The Hall–Kier alpha value is -5.12. The van der Waals surface area contributed by atoms with Crippen LogP contribution in [0, 0.1) is 17.8 Å². The van der Waals surface area contributed by atoms with E-state index in [1.54, 1.807) is 6.92 Å². The van der Waals surface area contributed by atoms with Crippen molar-refractivity contribution in [2.75, 3.05) is 35.9 Å². The fourth-order valence-electron chi connectivity index (χ4n) is 7.07. The van der Waals surface area contributed by atoms with E-state index >= 15 is 0 Å². The molecule has 0 bridgehead atoms. The van der Waals surface area contributed by atoms with Gasteiger partial charge in [0.15, 0.2) is 5.78 Å². The summed E-state index contributed by atoms with van der Waals surface area (Å²) in [6.45, 7) is 6.46. The molecule has 2 N–H and O–H groups in total. The highest BCUT2D eigenvalue weighted by molar-refractivity contribution is 6.17. The molecule has 2 amide bonds. The van der Waals surface area contributed by atoms with Crippen molar-refractivity contribution in [3.63, 3.8) is 0 Å². The fourth-order valence-corrected chi connectivity index (χ4v) is 7.07. The molecule has 2 aliphatic rings. The Morgan fingerprint density at radius 1 is 0.900 bits per heavy atom. The number of amides is 2. The summed E-state index contributed by atoms with van der Waals surface area (Å²) in [5.74, 6) is -0.348. The molecule has 2 heterocycles. The number of fused-ring (bicyclic) bond motifs is 1. The SMILES string of the molecule is CC1=NN(c2ccccc2)C(=O)C1C(CC(=O)c1ccc(C(C)C)cc1)C(=O)NC[C@H]1CC[C@@H](Nc2nc(N(C)C)c3ccccc3n2)CC1. The molecule has 1 aliphatic heterocycles. The van der Waals surface area contributed by atoms with Gasteiger partial charge in [0.05, 0.1) is 23.0 Å². The van der Waals surface area contributed by atoms with E-state index in [1.165, 1.54) is 5.01 Å². The van der Waals surface area contributed by atoms with Gasteiger partial charge in [0.1, 0.15) is 5.82 Å². The van der Waals surface area contributed by atoms with E-state index in [1.807, 2.05) is 97.9 Å². The van der Waals surface area contributed by atoms with Crippen LogP contribution in [0.15, 0.2) is 84.0 Å². The summed E-state index contributed by atoms with van der Waals surface area (Å²) >= 11 is 0. The Morgan fingerprint density at radius 2 is 1.58 bits per heavy atom. The zero-order valence-corrected chi connectivity index (χ0v) is 29.6. The molecule has 10 nitrogen and oxygen atoms in total. The largest absolute Gasteiger partial charge is 0.362 e. The molecular formula is C40H47N7O3. The van der Waals surface area contributed by atoms with Gasteiger partial charge in [0.2, 0.25) is 11.9 Å². The van der Waals surface area contributed by atoms with Crippen LogP contribution in [0.5, 0.6) is 0 Å². The smallest absolute Gasteiger partial charge is 0.257 e. The molecule has 1 saturated carbocycles. The Labute approximate surface area is 294 Å². The molecule has 1 fully saturated rings. The summed E-state index contributed by atoms with van der Waals surface area (Å²) < 4.78 is 0. The van der Waals surface area contributed by atoms with Crippen molar-refractivity contribution in [3.8, 4) is 0 Å². The second-order valence-corrected chi connectivity index (χ2v) is 14.1. The predicted molar refractivity (Wildman–Crippen MR) is 200 cm³/mol. The Morgan fingerprint density at radius 3 is 2.26 bits per heavy atom. The minimum atomic E-state index is -0.883. The number of nitrogens with zero attached hydrogens (tertiary/aromatic N) is 5. The van der Waals surface area contributed by atoms with E-state index in [9.17, 15) is 14.4 Å². The maximum absolute atomic E-state index is 14.0. The van der Waals surface area contributed by atoms with Crippen LogP contribution >= 0.6 is 0 Å². The van der Waals surface area contributed by atoms with E-state index in [2.05, 4.69) is 29.6 Å². The summed E-state index contributed by atoms with van der Waals surface area (Å²) in [6.07, 6.45) is 3.59. The lowest BCUT2D eigenvalue weighted by molar-refractivity contribution is -0.131. The number of anilines is 3. The van der Waals surface area contributed by atoms with Crippen LogP contribution in [0.25, 0.3) is 10.9 Å². The predicted octanol–water partition coefficient (Wildman–Crippen LogP) is 6.83. The van der Waals surface area contributed by atoms with Crippen LogP contribution in [0.3, 0.4) is 0 Å². The van der Waals surface area contributed by atoms with Crippen LogP contribution in [0.4, 0.5) is 17.5 Å². The van der Waals surface area contributed by atoms with Crippen molar-refractivity contribution in [1.82, 2.24) is 15.3 Å². The summed E-state index contributed by atoms with van der Waals surface area (Å²) in [5.41, 5.74) is 3.73. The number of hydrogen-bond acceptors (Lipinski definition) is 8. The monoisotopic (exact) mass is 673 g/mol. The molecule has 0 radical (unpaired) electrons. The number of hydrogen-bond donors (Lipinski definition) is 2. The standard InChI is InChI=1S/C40H47N7O3/c1-25(2)28-17-19-29(20-18-28)35(48)23-33(36-26(3)45-47(39(36)50)31-11-7-6-8-12-31)38(49)41-24-27-15-21-30(22-16-27)42-40-43-34-14-10-9-13-32(34)37(44-40)46(4)5/h6-14,17-20,25,27,30,33,36H,15-16,21-24H2,1-5H3,(H,41,49)(H,42,43,44)/t27-,30+,33?,36?. The number of hydrazone groups is 1. The molecule has 260 valence electrons. The number of carbonyl (C=O) groups is 3. The Balaban J connectivity index is 1.11. The molecule has 50 heavy (non-hydrogen) atoms. The molecule has 3 aromatic carbocycles. The van der Waals surface area contributed by atoms with Gasteiger partial charge in [-0.1, -0.05) is 68.4 Å². The number of rotatable bonds is 12. The first-order chi connectivity index (χ1) is 24.1. The van der Waals surface area contributed by atoms with Gasteiger partial charge in [-0.15, -0.1) is 0 Å². The minimum absolute atomic E-state index is 0.0872. The first kappa shape index (κ1) is 34.7. The highest BCUT2D eigenvalue weighted by atomic mass is 16.2. The zero-order chi connectivity index (χ0) is 35.4. The van der Waals surface area contributed by atoms with Crippen molar-refractivity contribution in [2.24, 2.45) is 22.9 Å². The lowest BCUT2D eigenvalue weighted by atomic mass is 9.82. The third-order valence-electron chi connectivity index (χ3n) is 9.98. The molecule has 0 spiro atoms. The molecule has 1 aliphatic carbocycles. The highest BCUT2D eigenvalue weighted by Crippen LogP contribution is 2.32. The molecule has 0 saturated heterocycles. The lowest BCUT2D eigenvalue weighted by Crippen LogP contribution is -2.44. The highest BCUT2D eigenvalue weighted by Gasteiger charge is 2.44. The van der Waals surface area contributed by atoms with Gasteiger partial charge < -0.3 is 15.5 Å². The average molecular weight is 674 g/mol. The second-order valence-electron chi connectivity index (χ2n) is 14.1. The number of nitrogens with one attached hydrogen (secondary N) is 2. The maximum Gasteiger partial charge on any atom is 0.257 e.